The molecule has 3 aliphatic carbocycles. The normalized spacial score (nSPS) is 22.8. The number of fused-ring (bicyclic) bond motifs is 8. The number of piperidine rings is 1. The van der Waals surface area contributed by atoms with Crippen molar-refractivity contribution in [2.75, 3.05) is 73.7 Å². The van der Waals surface area contributed by atoms with E-state index in [1.165, 1.54) is 19.6 Å². The Hall–Kier alpha value is -13.1. The summed E-state index contributed by atoms with van der Waals surface area (Å²) in [5.41, 5.74) is 29.7. The molecule has 658 valence electrons. The Labute approximate surface area is 721 Å². The van der Waals surface area contributed by atoms with Crippen LogP contribution < -0.4 is 48.3 Å². The van der Waals surface area contributed by atoms with Crippen molar-refractivity contribution in [2.24, 2.45) is 45.7 Å². The third-order valence-corrected chi connectivity index (χ3v) is 24.0. The number of anilines is 3. The maximum Gasteiger partial charge on any atom is 0.419 e. The highest BCUT2D eigenvalue weighted by atomic mass is 16.6. The number of aromatic nitrogens is 1. The lowest BCUT2D eigenvalue weighted by molar-refractivity contribution is -0.152. The molecule has 2 unspecified atom stereocenters. The van der Waals surface area contributed by atoms with Gasteiger partial charge in [0.1, 0.15) is 48.4 Å². The van der Waals surface area contributed by atoms with Gasteiger partial charge in [0.25, 0.3) is 17.7 Å². The molecule has 5 amide bonds. The van der Waals surface area contributed by atoms with Crippen molar-refractivity contribution in [3.63, 3.8) is 0 Å². The average molecular weight is 1710 g/mol. The second-order valence-electron chi connectivity index (χ2n) is 33.5. The Bertz CT molecular complexity index is 5340. The predicted octanol–water partition coefficient (Wildman–Crippen LogP) is 6.26. The van der Waals surface area contributed by atoms with E-state index in [1.807, 2.05) is 172 Å². The number of nitrogens with two attached hydrogens (primary N) is 4. The zero-order chi connectivity index (χ0) is 89.8. The predicted molar refractivity (Wildman–Crippen MR) is 464 cm³/mol. The topological polar surface area (TPSA) is 500 Å². The fraction of sp³-hybridized carbons (Fsp3) is 0.380. The van der Waals surface area contributed by atoms with Crippen LogP contribution in [0.25, 0.3) is 10.9 Å². The minimum Gasteiger partial charge on any atom is -0.481 e. The SMILES string of the molecule is CC(C)(C)OC(=O)n1c2c(c3ccccc31)C[C@@](N)(C(=O)O)CC2.NC1N=C(c2ccccc2)c2ccccc2N(CC(=O)O)C1=O.N[C@@H]1[C@H]2CC[C@H](C2)[C@@H]1C(=O)O.N[C@H]1CC2C(=O)N(CC(=O)O)c3ccccc3C(=O)N2C1.O=C(O)CN1CN(c2ccccc2)C2(CCNCC2)C1=O.O=C(O)[C@H](Cc1ccccc1)N1CCN[C@@H](Cc2ccccc2)C1=O. The summed E-state index contributed by atoms with van der Waals surface area (Å²) in [7, 11) is 0. The zero-order valence-electron chi connectivity index (χ0n) is 69.7. The van der Waals surface area contributed by atoms with E-state index in [4.69, 9.17) is 48.1 Å². The first-order valence-electron chi connectivity index (χ1n) is 41.6. The number of carbonyl (C=O) groups is 12. The van der Waals surface area contributed by atoms with Crippen LogP contribution in [0.3, 0.4) is 0 Å². The highest BCUT2D eigenvalue weighted by molar-refractivity contribution is 6.20. The maximum absolute atomic E-state index is 12.9. The monoisotopic (exact) mass is 1710 g/mol. The Balaban J connectivity index is 0.000000138. The van der Waals surface area contributed by atoms with Crippen molar-refractivity contribution >= 4 is 105 Å². The summed E-state index contributed by atoms with van der Waals surface area (Å²) in [6, 6.07) is 57.2. The van der Waals surface area contributed by atoms with E-state index in [-0.39, 0.29) is 67.1 Å². The van der Waals surface area contributed by atoms with E-state index < -0.39 is 95.8 Å². The van der Waals surface area contributed by atoms with Crippen molar-refractivity contribution in [3.05, 3.63) is 233 Å². The summed E-state index contributed by atoms with van der Waals surface area (Å²) in [6.45, 7) is 7.50. The molecule has 4 saturated heterocycles. The molecule has 7 heterocycles. The maximum atomic E-state index is 12.9. The van der Waals surface area contributed by atoms with Crippen LogP contribution in [-0.2, 0) is 78.4 Å². The van der Waals surface area contributed by atoms with E-state index in [2.05, 4.69) is 20.5 Å². The number of rotatable bonds is 16. The molecule has 33 nitrogen and oxygen atoms in total. The standard InChI is InChI=1S/C20H22N2O3.C18H22N2O4.C17H15N3O3.C15H19N3O3.C14H15N3O4.C8H13NO2/c23-19-17(13-15-7-3-1-4-8-15)21-11-12-22(19)18(20(24)25)14-16-9-5-2-6-10-16;1-17(2,3)24-16(23)20-13-7-5-4-6-11(13)12-10-18(19,15(21)22)9-8-14(12)20;18-16-17(23)20(10-14(21)22)13-9-5-4-8-12(13)15(19-16)11-6-2-1-3-7-11;19-13(20)10-17-11-18(12-4-2-1-3-5-12)15(14(17)21)6-8-16-9-7-15;15-8-5-11-14(21)17(7-12(18)19)10-4-2-1-3-9(10)13(20)16(11)6-8;9-7-5-2-1-4(3-5)6(7)8(10)11/h1-10,17-18,21H,11-14H2,(H,24,25);4-7H,8-10,19H2,1-3H3,(H,21,22);1-9,16H,10,18H2,(H,21,22);1-5,16H,6-11H2,(H,19,20);1-4,8,11H,5-7,15H2,(H,18,19);4-7H,1-3,9H2,(H,10,11)/t17-,18-;18-;;;8-,11?;4-,5+,6+,7-/m01..01/s1. The first kappa shape index (κ1) is 91.2. The second kappa shape index (κ2) is 39.6. The summed E-state index contributed by atoms with van der Waals surface area (Å²) < 4.78 is 7.10. The molecule has 1 aromatic heterocycles. The molecule has 17 rings (SSSR count). The fourth-order valence-corrected chi connectivity index (χ4v) is 18.1. The number of ether oxygens (including phenoxy) is 1. The van der Waals surface area contributed by atoms with Gasteiger partial charge in [-0.2, -0.15) is 0 Å². The van der Waals surface area contributed by atoms with Crippen LogP contribution in [0.4, 0.5) is 21.9 Å². The lowest BCUT2D eigenvalue weighted by Gasteiger charge is -2.40. The molecule has 0 radical (unpaired) electrons. The highest BCUT2D eigenvalue weighted by Gasteiger charge is 2.54. The van der Waals surface area contributed by atoms with Crippen LogP contribution in [0.1, 0.15) is 110 Å². The van der Waals surface area contributed by atoms with Gasteiger partial charge in [0.2, 0.25) is 11.8 Å². The Morgan fingerprint density at radius 3 is 1.74 bits per heavy atom. The Kier molecular flexibility index (Phi) is 28.9. The minimum atomic E-state index is -1.30. The van der Waals surface area contributed by atoms with Gasteiger partial charge in [0.15, 0.2) is 6.17 Å². The summed E-state index contributed by atoms with van der Waals surface area (Å²) in [5.74, 6) is -6.62. The molecule has 16 N–H and O–H groups in total. The number of nitrogens with zero attached hydrogens (tertiary/aromatic N) is 8. The summed E-state index contributed by atoms with van der Waals surface area (Å²) in [6.07, 6.45) is 5.25. The van der Waals surface area contributed by atoms with Gasteiger partial charge < -0.3 is 88.5 Å². The van der Waals surface area contributed by atoms with Gasteiger partial charge in [-0.05, 0) is 157 Å². The van der Waals surface area contributed by atoms with Gasteiger partial charge in [-0.3, -0.25) is 62.7 Å². The van der Waals surface area contributed by atoms with Crippen LogP contribution in [0, 0.1) is 17.8 Å². The van der Waals surface area contributed by atoms with Crippen LogP contribution in [0.2, 0.25) is 0 Å². The number of aliphatic carboxylic acids is 6. The number of piperazine rings is 1. The number of nitrogens with one attached hydrogen (secondary N) is 2. The van der Waals surface area contributed by atoms with Gasteiger partial charge in [-0.1, -0.05) is 158 Å². The average Bonchev–Trinajstić information content (AvgIpc) is 1.60. The number of amides is 5. The molecule has 125 heavy (non-hydrogen) atoms. The van der Waals surface area contributed by atoms with Gasteiger partial charge in [0.05, 0.1) is 46.8 Å². The number of carboxylic acid groups (broad SMARTS) is 6. The molecule has 7 aromatic carbocycles. The summed E-state index contributed by atoms with van der Waals surface area (Å²) >= 11 is 0. The molecule has 2 bridgehead atoms. The number of aliphatic imine (C=N–C) groups is 1. The zero-order valence-corrected chi connectivity index (χ0v) is 69.7. The molecule has 33 heteroatoms. The van der Waals surface area contributed by atoms with Crippen LogP contribution in [-0.4, -0.2) is 239 Å². The van der Waals surface area contributed by atoms with E-state index in [0.29, 0.717) is 105 Å². The molecule has 1 spiro atoms. The highest BCUT2D eigenvalue weighted by Crippen LogP contribution is 2.48. The minimum absolute atomic E-state index is 0.0600. The van der Waals surface area contributed by atoms with Crippen molar-refractivity contribution in [1.29, 1.82) is 0 Å². The number of hydrogen-bond donors (Lipinski definition) is 12. The molecule has 2 saturated carbocycles. The molecule has 6 aliphatic heterocycles. The first-order valence-corrected chi connectivity index (χ1v) is 41.6. The van der Waals surface area contributed by atoms with Crippen molar-refractivity contribution in [2.45, 2.75) is 144 Å². The number of carboxylic acids is 6. The lowest BCUT2D eigenvalue weighted by atomic mass is 9.80. The van der Waals surface area contributed by atoms with Gasteiger partial charge in [0, 0.05) is 72.5 Å². The second-order valence-corrected chi connectivity index (χ2v) is 33.5. The van der Waals surface area contributed by atoms with E-state index >= 15 is 0 Å². The number of hydrogen-bond acceptors (Lipinski definition) is 21. The van der Waals surface area contributed by atoms with Crippen LogP contribution >= 0.6 is 0 Å². The molecular formula is C92H106N14O19. The quantitative estimate of drug-likeness (QED) is 0.0507. The number of benzene rings is 7. The van der Waals surface area contributed by atoms with Gasteiger partial charge >= 0.3 is 41.9 Å². The van der Waals surface area contributed by atoms with E-state index in [0.717, 1.165) is 81.8 Å². The Morgan fingerprint density at radius 1 is 0.608 bits per heavy atom. The molecule has 8 aromatic rings. The van der Waals surface area contributed by atoms with Crippen molar-refractivity contribution < 1.29 is 92.9 Å². The molecule has 6 fully saturated rings. The molecule has 10 atom stereocenters. The summed E-state index contributed by atoms with van der Waals surface area (Å²) in [5, 5.41) is 62.4. The number of para-hydroxylation sites is 4. The van der Waals surface area contributed by atoms with E-state index in [9.17, 15) is 67.7 Å². The van der Waals surface area contributed by atoms with Crippen LogP contribution in [0.5, 0.6) is 0 Å². The fourth-order valence-electron chi connectivity index (χ4n) is 18.1. The van der Waals surface area contributed by atoms with Gasteiger partial charge in [-0.15, -0.1) is 0 Å². The van der Waals surface area contributed by atoms with Crippen molar-refractivity contribution in [3.8, 4) is 0 Å². The smallest absolute Gasteiger partial charge is 0.419 e. The number of benzodiazepines with no additional fused rings is 1. The lowest BCUT2D eigenvalue weighted by Crippen LogP contribution is -2.60. The third kappa shape index (κ3) is 20.9. The first-order chi connectivity index (χ1) is 59.7. The number of carbonyl (C=O) groups excluding carboxylic acids is 6. The van der Waals surface area contributed by atoms with Crippen LogP contribution in [0.15, 0.2) is 199 Å². The molecule has 9 aliphatic rings. The van der Waals surface area contributed by atoms with Gasteiger partial charge in [-0.25, -0.2) is 14.2 Å². The van der Waals surface area contributed by atoms with Crippen molar-refractivity contribution in [1.82, 2.24) is 29.9 Å². The largest absolute Gasteiger partial charge is 0.481 e. The third-order valence-electron chi connectivity index (χ3n) is 24.0. The molecular weight excluding hydrogens is 1610 g/mol. The van der Waals surface area contributed by atoms with E-state index in [1.54, 1.807) is 47.0 Å². The summed E-state index contributed by atoms with van der Waals surface area (Å²) in [4.78, 5) is 156. The Morgan fingerprint density at radius 2 is 1.16 bits per heavy atom.